The number of ketones is 1. The van der Waals surface area contributed by atoms with Gasteiger partial charge in [-0.05, 0) is 40.6 Å². The fraction of sp³-hybridized carbons (Fsp3) is 0. The summed E-state index contributed by atoms with van der Waals surface area (Å²) in [6.07, 6.45) is 1.42. The van der Waals surface area contributed by atoms with Crippen molar-refractivity contribution in [1.82, 2.24) is 0 Å². The van der Waals surface area contributed by atoms with Crippen molar-refractivity contribution in [3.8, 4) is 0 Å². The number of carbonyl (C=O) groups excluding carboxylic acids is 1. The largest absolute Gasteiger partial charge is 0.452 e. The Balaban J connectivity index is 2.19. The van der Waals surface area contributed by atoms with Gasteiger partial charge in [0, 0.05) is 10.3 Å². The van der Waals surface area contributed by atoms with Gasteiger partial charge in [-0.15, -0.1) is 11.3 Å². The molecule has 0 fully saturated rings. The number of furan rings is 1. The predicted molar refractivity (Wildman–Crippen MR) is 69.0 cm³/mol. The molecule has 4 heteroatoms. The van der Waals surface area contributed by atoms with E-state index < -0.39 is 0 Å². The number of thiophene rings is 1. The first-order valence-electron chi connectivity index (χ1n) is 5.01. The minimum Gasteiger partial charge on any atom is -0.452 e. The molecule has 0 spiro atoms. The van der Waals surface area contributed by atoms with Gasteiger partial charge in [-0.2, -0.15) is 0 Å². The van der Waals surface area contributed by atoms with Crippen molar-refractivity contribution in [3.63, 3.8) is 0 Å². The number of hydrogen-bond donors (Lipinski definition) is 0. The van der Waals surface area contributed by atoms with Gasteiger partial charge in [0.15, 0.2) is 5.78 Å². The highest BCUT2D eigenvalue weighted by atomic mass is 35.5. The topological polar surface area (TPSA) is 30.2 Å². The molecule has 0 bridgehead atoms. The van der Waals surface area contributed by atoms with Gasteiger partial charge in [0.2, 0.25) is 5.22 Å². The van der Waals surface area contributed by atoms with E-state index in [9.17, 15) is 4.79 Å². The Morgan fingerprint density at radius 1 is 1.18 bits per heavy atom. The number of carbonyl (C=O) groups is 1. The van der Waals surface area contributed by atoms with Crippen molar-refractivity contribution in [2.24, 2.45) is 0 Å². The fourth-order valence-electron chi connectivity index (χ4n) is 1.77. The summed E-state index contributed by atoms with van der Waals surface area (Å²) in [5.41, 5.74) is 1.08. The molecule has 0 aliphatic heterocycles. The molecule has 84 valence electrons. The van der Waals surface area contributed by atoms with E-state index in [1.807, 2.05) is 29.6 Å². The quantitative estimate of drug-likeness (QED) is 0.642. The summed E-state index contributed by atoms with van der Waals surface area (Å²) in [6.45, 7) is 0. The minimum atomic E-state index is -0.100. The molecule has 3 aromatic rings. The normalized spacial score (nSPS) is 10.9. The maximum Gasteiger partial charge on any atom is 0.204 e. The molecule has 2 aromatic heterocycles. The predicted octanol–water partition coefficient (Wildman–Crippen LogP) is 4.38. The van der Waals surface area contributed by atoms with Crippen LogP contribution in [-0.4, -0.2) is 5.78 Å². The summed E-state index contributed by atoms with van der Waals surface area (Å²) in [5, 5.41) is 3.18. The molecule has 1 aromatic carbocycles. The Labute approximate surface area is 106 Å². The zero-order chi connectivity index (χ0) is 11.8. The SMILES string of the molecule is O=C(c1ccoc1Cl)c1cccc2ccsc12. The van der Waals surface area contributed by atoms with Gasteiger partial charge in [0.25, 0.3) is 0 Å². The lowest BCUT2D eigenvalue weighted by Gasteiger charge is -2.00. The number of rotatable bonds is 2. The van der Waals surface area contributed by atoms with Gasteiger partial charge in [-0.25, -0.2) is 0 Å². The van der Waals surface area contributed by atoms with Gasteiger partial charge < -0.3 is 4.42 Å². The van der Waals surface area contributed by atoms with Crippen LogP contribution in [0.3, 0.4) is 0 Å². The first kappa shape index (κ1) is 10.6. The van der Waals surface area contributed by atoms with Crippen molar-refractivity contribution in [2.45, 2.75) is 0 Å². The van der Waals surface area contributed by atoms with Crippen LogP contribution in [0, 0.1) is 0 Å². The molecule has 17 heavy (non-hydrogen) atoms. The van der Waals surface area contributed by atoms with Crippen molar-refractivity contribution < 1.29 is 9.21 Å². The second-order valence-electron chi connectivity index (χ2n) is 3.58. The van der Waals surface area contributed by atoms with E-state index in [2.05, 4.69) is 0 Å². The highest BCUT2D eigenvalue weighted by Gasteiger charge is 2.17. The maximum absolute atomic E-state index is 12.3. The van der Waals surface area contributed by atoms with Gasteiger partial charge in [-0.1, -0.05) is 12.1 Å². The second-order valence-corrected chi connectivity index (χ2v) is 4.84. The van der Waals surface area contributed by atoms with E-state index in [1.54, 1.807) is 17.4 Å². The molecule has 0 aliphatic carbocycles. The standard InChI is InChI=1S/C13H7ClO2S/c14-13-10(4-6-16-13)11(15)9-3-1-2-8-5-7-17-12(8)9/h1-7H. The number of benzene rings is 1. The molecule has 2 nitrogen and oxygen atoms in total. The molecule has 0 saturated carbocycles. The Morgan fingerprint density at radius 2 is 2.06 bits per heavy atom. The number of fused-ring (bicyclic) bond motifs is 1. The van der Waals surface area contributed by atoms with Crippen LogP contribution in [0.15, 0.2) is 46.4 Å². The molecule has 0 amide bonds. The first-order valence-corrected chi connectivity index (χ1v) is 6.27. The molecule has 3 rings (SSSR count). The minimum absolute atomic E-state index is 0.100. The van der Waals surface area contributed by atoms with Crippen molar-refractivity contribution in [2.75, 3.05) is 0 Å². The maximum atomic E-state index is 12.3. The fourth-order valence-corrected chi connectivity index (χ4v) is 2.88. The Morgan fingerprint density at radius 3 is 2.82 bits per heavy atom. The summed E-state index contributed by atoms with van der Waals surface area (Å²) in [7, 11) is 0. The molecule has 2 heterocycles. The highest BCUT2D eigenvalue weighted by Crippen LogP contribution is 2.28. The van der Waals surface area contributed by atoms with Gasteiger partial charge in [0.05, 0.1) is 11.8 Å². The smallest absolute Gasteiger partial charge is 0.204 e. The van der Waals surface area contributed by atoms with Crippen molar-refractivity contribution >= 4 is 38.8 Å². The third kappa shape index (κ3) is 1.68. The molecule has 0 N–H and O–H groups in total. The lowest BCUT2D eigenvalue weighted by atomic mass is 10.0. The van der Waals surface area contributed by atoms with E-state index in [0.29, 0.717) is 11.1 Å². The zero-order valence-corrected chi connectivity index (χ0v) is 10.2. The Bertz CT molecular complexity index is 696. The zero-order valence-electron chi connectivity index (χ0n) is 8.64. The molecule has 0 unspecified atom stereocenters. The van der Waals surface area contributed by atoms with Crippen molar-refractivity contribution in [1.29, 1.82) is 0 Å². The molecular weight excluding hydrogens is 256 g/mol. The summed E-state index contributed by atoms with van der Waals surface area (Å²) in [5.74, 6) is -0.100. The molecule has 0 radical (unpaired) electrons. The van der Waals surface area contributed by atoms with Crippen LogP contribution in [0.25, 0.3) is 10.1 Å². The third-order valence-corrected chi connectivity index (χ3v) is 3.84. The van der Waals surface area contributed by atoms with Gasteiger partial charge in [0.1, 0.15) is 0 Å². The monoisotopic (exact) mass is 262 g/mol. The van der Waals surface area contributed by atoms with Crippen LogP contribution < -0.4 is 0 Å². The Kier molecular flexibility index (Phi) is 2.50. The lowest BCUT2D eigenvalue weighted by molar-refractivity contribution is 0.104. The second kappa shape index (κ2) is 4.02. The van der Waals surface area contributed by atoms with E-state index in [1.165, 1.54) is 6.26 Å². The molecular formula is C13H7ClO2S. The molecule has 0 aliphatic rings. The van der Waals surface area contributed by atoms with Crippen LogP contribution in [-0.2, 0) is 0 Å². The number of hydrogen-bond acceptors (Lipinski definition) is 3. The highest BCUT2D eigenvalue weighted by molar-refractivity contribution is 7.17. The van der Waals surface area contributed by atoms with Crippen molar-refractivity contribution in [3.05, 3.63) is 58.3 Å². The first-order chi connectivity index (χ1) is 8.27. The Hall–Kier alpha value is -1.58. The average Bonchev–Trinajstić information content (AvgIpc) is 2.95. The molecule has 0 saturated heterocycles. The number of halogens is 1. The van der Waals surface area contributed by atoms with E-state index in [-0.39, 0.29) is 11.0 Å². The van der Waals surface area contributed by atoms with E-state index >= 15 is 0 Å². The summed E-state index contributed by atoms with van der Waals surface area (Å²) in [4.78, 5) is 12.3. The van der Waals surface area contributed by atoms with Crippen LogP contribution in [0.2, 0.25) is 5.22 Å². The third-order valence-electron chi connectivity index (χ3n) is 2.59. The van der Waals surface area contributed by atoms with Crippen LogP contribution >= 0.6 is 22.9 Å². The average molecular weight is 263 g/mol. The summed E-state index contributed by atoms with van der Waals surface area (Å²) >= 11 is 7.38. The summed E-state index contributed by atoms with van der Waals surface area (Å²) < 4.78 is 5.93. The van der Waals surface area contributed by atoms with Gasteiger partial charge in [-0.3, -0.25) is 4.79 Å². The molecule has 0 atom stereocenters. The van der Waals surface area contributed by atoms with Crippen LogP contribution in [0.1, 0.15) is 15.9 Å². The summed E-state index contributed by atoms with van der Waals surface area (Å²) in [6, 6.07) is 9.26. The van der Waals surface area contributed by atoms with E-state index in [4.69, 9.17) is 16.0 Å². The lowest BCUT2D eigenvalue weighted by Crippen LogP contribution is -2.00. The van der Waals surface area contributed by atoms with Crippen LogP contribution in [0.4, 0.5) is 0 Å². The van der Waals surface area contributed by atoms with E-state index in [0.717, 1.165) is 10.1 Å². The van der Waals surface area contributed by atoms with Crippen LogP contribution in [0.5, 0.6) is 0 Å². The van der Waals surface area contributed by atoms with Gasteiger partial charge >= 0.3 is 0 Å².